The number of halogens is 3. The summed E-state index contributed by atoms with van der Waals surface area (Å²) < 4.78 is 40.8. The SMILES string of the molecule is FC(F)(F)C1(c2ccccc2)C=C(c2ccccc2)N=N1. The molecule has 0 fully saturated rings. The van der Waals surface area contributed by atoms with Crippen molar-refractivity contribution in [2.75, 3.05) is 0 Å². The minimum atomic E-state index is -4.55. The largest absolute Gasteiger partial charge is 0.423 e. The Hall–Kier alpha value is -2.43. The van der Waals surface area contributed by atoms with Gasteiger partial charge in [0.1, 0.15) is 0 Å². The van der Waals surface area contributed by atoms with Crippen LogP contribution in [0.15, 0.2) is 77.0 Å². The molecule has 2 nitrogen and oxygen atoms in total. The summed E-state index contributed by atoms with van der Waals surface area (Å²) in [5, 5.41) is 7.34. The molecule has 0 aliphatic carbocycles. The maximum Gasteiger partial charge on any atom is 0.423 e. The van der Waals surface area contributed by atoms with Crippen molar-refractivity contribution in [3.8, 4) is 0 Å². The van der Waals surface area contributed by atoms with Crippen LogP contribution in [0.4, 0.5) is 13.2 Å². The van der Waals surface area contributed by atoms with Gasteiger partial charge in [-0.05, 0) is 11.6 Å². The maximum atomic E-state index is 13.6. The molecule has 2 aromatic rings. The van der Waals surface area contributed by atoms with E-state index in [9.17, 15) is 13.2 Å². The Balaban J connectivity index is 2.14. The van der Waals surface area contributed by atoms with Crippen LogP contribution < -0.4 is 0 Å². The predicted octanol–water partition coefficient (Wildman–Crippen LogP) is 4.95. The molecule has 2 aromatic carbocycles. The minimum Gasteiger partial charge on any atom is -0.168 e. The van der Waals surface area contributed by atoms with Gasteiger partial charge in [0.05, 0.1) is 5.70 Å². The molecule has 1 aliphatic rings. The Morgan fingerprint density at radius 2 is 1.38 bits per heavy atom. The molecule has 0 N–H and O–H groups in total. The number of hydrogen-bond donors (Lipinski definition) is 0. The third-order valence-corrected chi connectivity index (χ3v) is 3.38. The third kappa shape index (κ3) is 2.24. The quantitative estimate of drug-likeness (QED) is 0.747. The van der Waals surface area contributed by atoms with Crippen molar-refractivity contribution in [2.45, 2.75) is 11.7 Å². The lowest BCUT2D eigenvalue weighted by atomic mass is 9.89. The highest BCUT2D eigenvalue weighted by Gasteiger charge is 2.57. The summed E-state index contributed by atoms with van der Waals surface area (Å²) in [6.45, 7) is 0. The summed E-state index contributed by atoms with van der Waals surface area (Å²) in [7, 11) is 0. The Labute approximate surface area is 119 Å². The number of nitrogens with zero attached hydrogens (tertiary/aromatic N) is 2. The van der Waals surface area contributed by atoms with E-state index in [2.05, 4.69) is 10.2 Å². The normalized spacial score (nSPS) is 21.4. The van der Waals surface area contributed by atoms with Crippen molar-refractivity contribution in [3.05, 3.63) is 77.9 Å². The van der Waals surface area contributed by atoms with Crippen LogP contribution in [0.3, 0.4) is 0 Å². The van der Waals surface area contributed by atoms with Crippen molar-refractivity contribution in [3.63, 3.8) is 0 Å². The zero-order chi connectivity index (χ0) is 14.9. The zero-order valence-corrected chi connectivity index (χ0v) is 10.9. The lowest BCUT2D eigenvalue weighted by Gasteiger charge is -2.25. The molecule has 1 atom stereocenters. The molecule has 1 heterocycles. The summed E-state index contributed by atoms with van der Waals surface area (Å²) in [5.74, 6) is 0. The highest BCUT2D eigenvalue weighted by atomic mass is 19.4. The molecule has 21 heavy (non-hydrogen) atoms. The van der Waals surface area contributed by atoms with E-state index >= 15 is 0 Å². The molecular formula is C16H11F3N2. The van der Waals surface area contributed by atoms with Crippen LogP contribution in [-0.4, -0.2) is 6.18 Å². The fourth-order valence-corrected chi connectivity index (χ4v) is 2.27. The molecule has 1 aliphatic heterocycles. The van der Waals surface area contributed by atoms with Gasteiger partial charge >= 0.3 is 6.18 Å². The monoisotopic (exact) mass is 288 g/mol. The van der Waals surface area contributed by atoms with Crippen molar-refractivity contribution >= 4 is 5.70 Å². The van der Waals surface area contributed by atoms with Crippen molar-refractivity contribution in [1.29, 1.82) is 0 Å². The second kappa shape index (κ2) is 4.84. The Morgan fingerprint density at radius 3 is 1.95 bits per heavy atom. The topological polar surface area (TPSA) is 24.7 Å². The van der Waals surface area contributed by atoms with Crippen LogP contribution in [0.25, 0.3) is 5.70 Å². The third-order valence-electron chi connectivity index (χ3n) is 3.38. The predicted molar refractivity (Wildman–Crippen MR) is 73.5 cm³/mol. The van der Waals surface area contributed by atoms with E-state index in [1.54, 1.807) is 48.5 Å². The van der Waals surface area contributed by atoms with Crippen molar-refractivity contribution in [1.82, 2.24) is 0 Å². The molecule has 3 rings (SSSR count). The fourth-order valence-electron chi connectivity index (χ4n) is 2.27. The Bertz CT molecular complexity index is 690. The molecule has 0 spiro atoms. The van der Waals surface area contributed by atoms with Crippen LogP contribution >= 0.6 is 0 Å². The summed E-state index contributed by atoms with van der Waals surface area (Å²) in [6, 6.07) is 16.3. The molecule has 0 saturated heterocycles. The molecule has 5 heteroatoms. The van der Waals surface area contributed by atoms with E-state index in [4.69, 9.17) is 0 Å². The molecular weight excluding hydrogens is 277 g/mol. The first kappa shape index (κ1) is 13.5. The van der Waals surface area contributed by atoms with E-state index in [0.29, 0.717) is 5.56 Å². The van der Waals surface area contributed by atoms with Crippen LogP contribution in [0.2, 0.25) is 0 Å². The average Bonchev–Trinajstić information content (AvgIpc) is 2.95. The van der Waals surface area contributed by atoms with E-state index in [0.717, 1.165) is 6.08 Å². The molecule has 0 radical (unpaired) electrons. The molecule has 0 amide bonds. The van der Waals surface area contributed by atoms with Crippen LogP contribution in [0.5, 0.6) is 0 Å². The lowest BCUT2D eigenvalue weighted by Crippen LogP contribution is -2.37. The van der Waals surface area contributed by atoms with Gasteiger partial charge in [-0.1, -0.05) is 60.7 Å². The summed E-state index contributed by atoms with van der Waals surface area (Å²) in [5.41, 5.74) is -1.49. The van der Waals surface area contributed by atoms with Gasteiger partial charge in [0, 0.05) is 5.56 Å². The first-order chi connectivity index (χ1) is 10.0. The summed E-state index contributed by atoms with van der Waals surface area (Å²) >= 11 is 0. The van der Waals surface area contributed by atoms with Gasteiger partial charge in [0.15, 0.2) is 0 Å². The van der Waals surface area contributed by atoms with Gasteiger partial charge in [-0.25, -0.2) is 0 Å². The zero-order valence-electron chi connectivity index (χ0n) is 10.9. The smallest absolute Gasteiger partial charge is 0.168 e. The van der Waals surface area contributed by atoms with Gasteiger partial charge in [0.25, 0.3) is 0 Å². The molecule has 0 bridgehead atoms. The first-order valence-electron chi connectivity index (χ1n) is 6.36. The first-order valence-corrected chi connectivity index (χ1v) is 6.36. The highest BCUT2D eigenvalue weighted by Crippen LogP contribution is 2.48. The minimum absolute atomic E-state index is 0.0622. The number of rotatable bonds is 2. The molecule has 1 unspecified atom stereocenters. The van der Waals surface area contributed by atoms with E-state index in [1.165, 1.54) is 12.1 Å². The van der Waals surface area contributed by atoms with Crippen molar-refractivity contribution < 1.29 is 13.2 Å². The average molecular weight is 288 g/mol. The number of benzene rings is 2. The van der Waals surface area contributed by atoms with Crippen molar-refractivity contribution in [2.24, 2.45) is 10.2 Å². The van der Waals surface area contributed by atoms with Crippen LogP contribution in [-0.2, 0) is 5.54 Å². The highest BCUT2D eigenvalue weighted by molar-refractivity contribution is 5.68. The van der Waals surface area contributed by atoms with Gasteiger partial charge < -0.3 is 0 Å². The van der Waals surface area contributed by atoms with E-state index in [1.807, 2.05) is 0 Å². The summed E-state index contributed by atoms with van der Waals surface area (Å²) in [6.07, 6.45) is -3.47. The number of hydrogen-bond acceptors (Lipinski definition) is 2. The van der Waals surface area contributed by atoms with Gasteiger partial charge in [-0.3, -0.25) is 0 Å². The van der Waals surface area contributed by atoms with E-state index in [-0.39, 0.29) is 11.3 Å². The fraction of sp³-hybridized carbons (Fsp3) is 0.125. The number of azo groups is 1. The second-order valence-corrected chi connectivity index (χ2v) is 4.73. The van der Waals surface area contributed by atoms with Crippen LogP contribution in [0.1, 0.15) is 11.1 Å². The van der Waals surface area contributed by atoms with Gasteiger partial charge in [0.2, 0.25) is 5.54 Å². The lowest BCUT2D eigenvalue weighted by molar-refractivity contribution is -0.174. The summed E-state index contributed by atoms with van der Waals surface area (Å²) in [4.78, 5) is 0. The standard InChI is InChI=1S/C16H11F3N2/c17-16(18,19)15(13-9-5-2-6-10-13)11-14(20-21-15)12-7-3-1-4-8-12/h1-11H. The van der Waals surface area contributed by atoms with Crippen LogP contribution in [0, 0.1) is 0 Å². The Kier molecular flexibility index (Phi) is 3.12. The Morgan fingerprint density at radius 1 is 0.810 bits per heavy atom. The van der Waals surface area contributed by atoms with Gasteiger partial charge in [-0.15, -0.1) is 0 Å². The number of alkyl halides is 3. The van der Waals surface area contributed by atoms with Gasteiger partial charge in [-0.2, -0.15) is 23.4 Å². The maximum absolute atomic E-state index is 13.6. The molecule has 0 aromatic heterocycles. The second-order valence-electron chi connectivity index (χ2n) is 4.73. The van der Waals surface area contributed by atoms with E-state index < -0.39 is 11.7 Å². The molecule has 0 saturated carbocycles. The molecule has 106 valence electrons.